The monoisotopic (exact) mass is 1870 g/mol. The van der Waals surface area contributed by atoms with Crippen molar-refractivity contribution in [2.24, 2.45) is 0 Å². The number of furan rings is 5. The zero-order valence-electron chi connectivity index (χ0n) is 75.6. The number of fused-ring (bicyclic) bond motifs is 27. The minimum absolute atomic E-state index is 0.896. The molecule has 0 amide bonds. The SMILES string of the molecule is c1cc(-c2ccc3oc4ccccc4c3c2)cc(-c2ccc3sc4ccc(-c5ccc(-c6ccc7oc8ccccc8c7c6)cc5)cc4c3c2)c1.c1ccc(-c2cccc3sc4cc(-c5ccc6oc7ccc(-c8ccc9c(c8)sc8ccccc89)cc7c6c5)ccc4c23)cc1.c1ccc2c(c1)oc1ccc(-c3ccc4oc5ccc(-c6ccc(-c7cccc8c7sc7ccccc78)cc6)cc5c4c3)cc12. The quantitative estimate of drug-likeness (QED) is 0.137. The predicted octanol–water partition coefficient (Wildman–Crippen LogP) is 40.7. The van der Waals surface area contributed by atoms with E-state index in [0.717, 1.165) is 121 Å². The summed E-state index contributed by atoms with van der Waals surface area (Å²) in [6.45, 7) is 0. The molecule has 0 aliphatic rings. The normalized spacial score (nSPS) is 12.0. The summed E-state index contributed by atoms with van der Waals surface area (Å²) in [7, 11) is 0. The molecule has 658 valence electrons. The van der Waals surface area contributed by atoms with E-state index >= 15 is 0 Å². The first-order valence-electron chi connectivity index (χ1n) is 47.5. The van der Waals surface area contributed by atoms with Gasteiger partial charge in [0, 0.05) is 135 Å². The molecular formula is C132H76O5S4. The van der Waals surface area contributed by atoms with Crippen LogP contribution in [0.5, 0.6) is 0 Å². The van der Waals surface area contributed by atoms with Crippen LogP contribution in [0, 0.1) is 0 Å². The summed E-state index contributed by atoms with van der Waals surface area (Å²) in [5.41, 5.74) is 33.4. The van der Waals surface area contributed by atoms with E-state index in [1.165, 1.54) is 181 Å². The standard InChI is InChI=1S/C48H28O2S.C42H24O2S.C42H24OS2/c1-3-10-43-37(8-1)39-25-33(16-20-45(39)49-43)29-12-14-30(15-13-29)34-18-22-47-41(27-34)42-28-36(19-23-48(42)51-47)32-7-5-6-31(24-32)35-17-21-46-40(26-35)38-9-2-4-11-44(38)50-46;1-3-10-37-31(6-1)34-23-28(17-20-38(34)43-37)29-18-21-40-36(24-29)35-22-27(16-19-39(35)44-40)25-12-14-26(15-13-25)30-8-5-9-33-32-7-2-4-11-41(32)45-42(30)33;1-2-7-25(8-3-1)30-10-6-12-39-42(30)33-18-14-29(24-41(33)45-39)27-16-20-37-35(22-27)34-21-26(15-19-36(34)43-37)28-13-17-32-31-9-4-5-11-38(31)44-40(32)23-28/h1-28H;2*1-24H. The molecule has 0 saturated carbocycles. The largest absolute Gasteiger partial charge is 0.456 e. The number of para-hydroxylation sites is 3. The van der Waals surface area contributed by atoms with Gasteiger partial charge in [0.05, 0.1) is 0 Å². The van der Waals surface area contributed by atoms with Crippen LogP contribution in [-0.4, -0.2) is 0 Å². The van der Waals surface area contributed by atoms with Crippen LogP contribution in [0.1, 0.15) is 0 Å². The van der Waals surface area contributed by atoms with Gasteiger partial charge in [0.1, 0.15) is 55.8 Å². The third kappa shape index (κ3) is 13.9. The number of hydrogen-bond acceptors (Lipinski definition) is 9. The molecule has 9 heteroatoms. The Morgan fingerprint density at radius 2 is 0.362 bits per heavy atom. The van der Waals surface area contributed by atoms with Gasteiger partial charge in [-0.25, -0.2) is 0 Å². The molecule has 9 heterocycles. The lowest BCUT2D eigenvalue weighted by Crippen LogP contribution is -1.82. The molecule has 31 rings (SSSR count). The van der Waals surface area contributed by atoms with Gasteiger partial charge in [-0.15, -0.1) is 45.3 Å². The summed E-state index contributed by atoms with van der Waals surface area (Å²) in [5.74, 6) is 0. The molecule has 0 bridgehead atoms. The number of benzene rings is 22. The van der Waals surface area contributed by atoms with Crippen LogP contribution in [0.25, 0.3) is 302 Å². The fourth-order valence-electron chi connectivity index (χ4n) is 21.4. The highest BCUT2D eigenvalue weighted by Gasteiger charge is 2.22. The Morgan fingerprint density at radius 3 is 0.816 bits per heavy atom. The zero-order valence-corrected chi connectivity index (χ0v) is 78.8. The fourth-order valence-corrected chi connectivity index (χ4v) is 26.1. The highest BCUT2D eigenvalue weighted by molar-refractivity contribution is 7.27. The maximum Gasteiger partial charge on any atom is 0.135 e. The van der Waals surface area contributed by atoms with Crippen LogP contribution in [0.15, 0.2) is 483 Å². The van der Waals surface area contributed by atoms with Crippen molar-refractivity contribution in [2.75, 3.05) is 0 Å². The van der Waals surface area contributed by atoms with Crippen LogP contribution in [-0.2, 0) is 0 Å². The van der Waals surface area contributed by atoms with Crippen molar-refractivity contribution in [3.05, 3.63) is 461 Å². The smallest absolute Gasteiger partial charge is 0.135 e. The molecule has 0 aliphatic heterocycles. The maximum absolute atomic E-state index is 6.31. The van der Waals surface area contributed by atoms with Gasteiger partial charge in [-0.2, -0.15) is 0 Å². The maximum atomic E-state index is 6.31. The highest BCUT2D eigenvalue weighted by atomic mass is 32.1. The molecule has 0 fully saturated rings. The Labute approximate surface area is 823 Å². The molecule has 31 aromatic rings. The molecule has 0 unspecified atom stereocenters. The van der Waals surface area contributed by atoms with Gasteiger partial charge < -0.3 is 22.1 Å². The molecule has 0 radical (unpaired) electrons. The Bertz CT molecular complexity index is 10500. The first kappa shape index (κ1) is 80.9. The second-order valence-corrected chi connectivity index (χ2v) is 41.0. The van der Waals surface area contributed by atoms with Crippen molar-refractivity contribution in [1.29, 1.82) is 0 Å². The lowest BCUT2D eigenvalue weighted by Gasteiger charge is -2.08. The van der Waals surface area contributed by atoms with Gasteiger partial charge >= 0.3 is 0 Å². The van der Waals surface area contributed by atoms with Crippen LogP contribution in [0.4, 0.5) is 0 Å². The lowest BCUT2D eigenvalue weighted by molar-refractivity contribution is 0.668. The molecule has 22 aromatic carbocycles. The highest BCUT2D eigenvalue weighted by Crippen LogP contribution is 2.49. The van der Waals surface area contributed by atoms with E-state index < -0.39 is 0 Å². The van der Waals surface area contributed by atoms with E-state index in [0.29, 0.717) is 0 Å². The van der Waals surface area contributed by atoms with Crippen molar-refractivity contribution < 1.29 is 22.1 Å². The van der Waals surface area contributed by atoms with Crippen molar-refractivity contribution in [2.45, 2.75) is 0 Å². The van der Waals surface area contributed by atoms with E-state index in [1.54, 1.807) is 0 Å². The number of rotatable bonds is 10. The summed E-state index contributed by atoms with van der Waals surface area (Å²) in [6, 6.07) is 166. The number of hydrogen-bond donors (Lipinski definition) is 0. The minimum Gasteiger partial charge on any atom is -0.456 e. The average molecular weight is 1870 g/mol. The molecule has 0 spiro atoms. The zero-order chi connectivity index (χ0) is 92.4. The summed E-state index contributed by atoms with van der Waals surface area (Å²) >= 11 is 7.46. The Kier molecular flexibility index (Phi) is 18.8. The van der Waals surface area contributed by atoms with E-state index in [1.807, 2.05) is 81.7 Å². The lowest BCUT2D eigenvalue weighted by atomic mass is 9.96. The van der Waals surface area contributed by atoms with Gasteiger partial charge in [-0.05, 0) is 275 Å². The van der Waals surface area contributed by atoms with Crippen LogP contribution in [0.2, 0.25) is 0 Å². The van der Waals surface area contributed by atoms with E-state index in [4.69, 9.17) is 22.1 Å². The molecule has 0 atom stereocenters. The Balaban J connectivity index is 0.000000102. The molecular weight excluding hydrogens is 1790 g/mol. The van der Waals surface area contributed by atoms with Crippen molar-refractivity contribution >= 4 is 236 Å². The van der Waals surface area contributed by atoms with Crippen LogP contribution < -0.4 is 0 Å². The molecule has 5 nitrogen and oxygen atoms in total. The van der Waals surface area contributed by atoms with E-state index in [9.17, 15) is 0 Å². The first-order chi connectivity index (χ1) is 69.7. The van der Waals surface area contributed by atoms with Gasteiger partial charge in [0.2, 0.25) is 0 Å². The van der Waals surface area contributed by atoms with Gasteiger partial charge in [0.15, 0.2) is 0 Å². The third-order valence-corrected chi connectivity index (χ3v) is 33.1. The minimum atomic E-state index is 0.896. The summed E-state index contributed by atoms with van der Waals surface area (Å²) < 4.78 is 41.4. The molecule has 0 N–H and O–H groups in total. The van der Waals surface area contributed by atoms with E-state index in [2.05, 4.69) is 425 Å². The molecule has 0 aliphatic carbocycles. The third-order valence-electron chi connectivity index (χ3n) is 28.5. The summed E-state index contributed by atoms with van der Waals surface area (Å²) in [5, 5.41) is 22.0. The van der Waals surface area contributed by atoms with Crippen molar-refractivity contribution in [1.82, 2.24) is 0 Å². The average Bonchev–Trinajstić information content (AvgIpc) is 1.64. The summed E-state index contributed by atoms with van der Waals surface area (Å²) in [4.78, 5) is 0. The number of thiophene rings is 4. The second kappa shape index (κ2) is 32.7. The second-order valence-electron chi connectivity index (χ2n) is 36.7. The van der Waals surface area contributed by atoms with Gasteiger partial charge in [-0.3, -0.25) is 0 Å². The Hall–Kier alpha value is -17.3. The summed E-state index contributed by atoms with van der Waals surface area (Å²) in [6.07, 6.45) is 0. The van der Waals surface area contributed by atoms with E-state index in [-0.39, 0.29) is 0 Å². The first-order valence-corrected chi connectivity index (χ1v) is 50.8. The Morgan fingerprint density at radius 1 is 0.113 bits per heavy atom. The predicted molar refractivity (Wildman–Crippen MR) is 602 cm³/mol. The molecule has 141 heavy (non-hydrogen) atoms. The molecule has 9 aromatic heterocycles. The molecule has 0 saturated heterocycles. The van der Waals surface area contributed by atoms with Crippen molar-refractivity contribution in [3.8, 4) is 111 Å². The van der Waals surface area contributed by atoms with Crippen molar-refractivity contribution in [3.63, 3.8) is 0 Å². The fraction of sp³-hybridized carbons (Fsp3) is 0. The van der Waals surface area contributed by atoms with Crippen LogP contribution >= 0.6 is 45.3 Å². The topological polar surface area (TPSA) is 65.7 Å². The van der Waals surface area contributed by atoms with Gasteiger partial charge in [0.25, 0.3) is 0 Å². The van der Waals surface area contributed by atoms with Crippen LogP contribution in [0.3, 0.4) is 0 Å². The van der Waals surface area contributed by atoms with Gasteiger partial charge in [-0.1, -0.05) is 297 Å².